The predicted molar refractivity (Wildman–Crippen MR) is 45.6 cm³/mol. The van der Waals surface area contributed by atoms with Crippen molar-refractivity contribution in [3.05, 3.63) is 0 Å². The van der Waals surface area contributed by atoms with Crippen LogP contribution in [0.4, 0.5) is 0 Å². The molecular formula is C3H11IN2S. The predicted octanol–water partition coefficient (Wildman–Crippen LogP) is 0.603. The normalized spacial score (nSPS) is 23.4. The molecule has 0 spiro atoms. The lowest BCUT2D eigenvalue weighted by molar-refractivity contribution is 1.36. The quantitative estimate of drug-likeness (QED) is 0.543. The molecular weight excluding hydrogens is 223 g/mol. The summed E-state index contributed by atoms with van der Waals surface area (Å²) in [7, 11) is -0.893. The minimum absolute atomic E-state index is 0.649. The van der Waals surface area contributed by atoms with Crippen molar-refractivity contribution in [1.29, 1.82) is 0 Å². The summed E-state index contributed by atoms with van der Waals surface area (Å²) in [5.74, 6) is 0.649. The van der Waals surface area contributed by atoms with Crippen molar-refractivity contribution in [2.24, 2.45) is 10.9 Å². The van der Waals surface area contributed by atoms with Gasteiger partial charge in [0.1, 0.15) is 0 Å². The molecule has 0 aromatic heterocycles. The third-order valence-electron chi connectivity index (χ3n) is 0.630. The molecule has 2 nitrogen and oxygen atoms in total. The van der Waals surface area contributed by atoms with Gasteiger partial charge in [0.2, 0.25) is 0 Å². The summed E-state index contributed by atoms with van der Waals surface area (Å²) in [6.45, 7) is 0. The van der Waals surface area contributed by atoms with Crippen LogP contribution in [0.15, 0.2) is 0 Å². The van der Waals surface area contributed by atoms with E-state index in [1.807, 2.05) is 6.26 Å². The first-order valence-electron chi connectivity index (χ1n) is 1.90. The Morgan fingerprint density at radius 3 is 2.14 bits per heavy atom. The van der Waals surface area contributed by atoms with E-state index in [-0.39, 0.29) is 0 Å². The lowest BCUT2D eigenvalue weighted by Crippen LogP contribution is -2.19. The number of rotatable bonds is 2. The van der Waals surface area contributed by atoms with Gasteiger partial charge in [-0.05, 0) is 6.26 Å². The third kappa shape index (κ3) is 3.57. The molecule has 46 valence electrons. The topological polar surface area (TPSA) is 52.0 Å². The lowest BCUT2D eigenvalue weighted by Gasteiger charge is -2.25. The standard InChI is InChI=1S/C3H11IN2S/c1-7(6,2-4)3-5/h2-3,5-6H2,1H3. The van der Waals surface area contributed by atoms with E-state index in [0.29, 0.717) is 5.88 Å². The number of hydrogen-bond donors (Lipinski definition) is 2. The van der Waals surface area contributed by atoms with Gasteiger partial charge in [-0.1, -0.05) is 22.6 Å². The second-order valence-electron chi connectivity index (χ2n) is 1.63. The average molecular weight is 234 g/mol. The molecule has 1 atom stereocenters. The molecule has 0 fully saturated rings. The van der Waals surface area contributed by atoms with Crippen LogP contribution in [0.2, 0.25) is 0 Å². The van der Waals surface area contributed by atoms with Crippen LogP contribution in [0.1, 0.15) is 0 Å². The summed E-state index contributed by atoms with van der Waals surface area (Å²) in [5, 5.41) is 5.67. The summed E-state index contributed by atoms with van der Waals surface area (Å²) < 4.78 is 1.00. The Hall–Kier alpha value is 1.00. The van der Waals surface area contributed by atoms with Crippen molar-refractivity contribution in [2.75, 3.05) is 15.9 Å². The Labute approximate surface area is 59.6 Å². The molecule has 0 saturated heterocycles. The van der Waals surface area contributed by atoms with Gasteiger partial charge in [0, 0.05) is 9.64 Å². The van der Waals surface area contributed by atoms with Gasteiger partial charge >= 0.3 is 0 Å². The monoisotopic (exact) mass is 234 g/mol. The number of halogens is 1. The summed E-state index contributed by atoms with van der Waals surface area (Å²) in [4.78, 5) is 0. The Morgan fingerprint density at radius 1 is 1.71 bits per heavy atom. The van der Waals surface area contributed by atoms with Gasteiger partial charge in [-0.3, -0.25) is 5.14 Å². The van der Waals surface area contributed by atoms with Crippen LogP contribution >= 0.6 is 32.8 Å². The molecule has 0 saturated carbocycles. The number of nitrogens with two attached hydrogens (primary N) is 2. The summed E-state index contributed by atoms with van der Waals surface area (Å²) in [6.07, 6.45) is 2.03. The lowest BCUT2D eigenvalue weighted by atomic mass is 11.5. The number of hydrogen-bond acceptors (Lipinski definition) is 2. The van der Waals surface area contributed by atoms with E-state index in [9.17, 15) is 0 Å². The second kappa shape index (κ2) is 3.11. The van der Waals surface area contributed by atoms with E-state index in [1.54, 1.807) is 0 Å². The van der Waals surface area contributed by atoms with Crippen LogP contribution in [-0.4, -0.2) is 15.9 Å². The minimum Gasteiger partial charge on any atom is -0.322 e. The van der Waals surface area contributed by atoms with Gasteiger partial charge in [-0.25, -0.2) is 0 Å². The van der Waals surface area contributed by atoms with Gasteiger partial charge in [-0.15, -0.1) is 0 Å². The van der Waals surface area contributed by atoms with Crippen LogP contribution in [0.25, 0.3) is 0 Å². The molecule has 0 rings (SSSR count). The van der Waals surface area contributed by atoms with Gasteiger partial charge in [-0.2, -0.15) is 10.2 Å². The van der Waals surface area contributed by atoms with E-state index in [4.69, 9.17) is 10.9 Å². The average Bonchev–Trinajstić information content (AvgIpc) is 1.68. The van der Waals surface area contributed by atoms with Crippen LogP contribution in [-0.2, 0) is 0 Å². The number of alkyl halides is 1. The van der Waals surface area contributed by atoms with E-state index >= 15 is 0 Å². The van der Waals surface area contributed by atoms with Crippen molar-refractivity contribution < 1.29 is 0 Å². The van der Waals surface area contributed by atoms with Crippen LogP contribution < -0.4 is 10.9 Å². The molecule has 0 radical (unpaired) electrons. The summed E-state index contributed by atoms with van der Waals surface area (Å²) in [5.41, 5.74) is 5.32. The molecule has 4 N–H and O–H groups in total. The smallest absolute Gasteiger partial charge is 0.0418 e. The molecule has 1 unspecified atom stereocenters. The van der Waals surface area contributed by atoms with Crippen LogP contribution in [0.5, 0.6) is 0 Å². The first kappa shape index (κ1) is 8.00. The van der Waals surface area contributed by atoms with Gasteiger partial charge in [0.15, 0.2) is 0 Å². The fourth-order valence-electron chi connectivity index (χ4n) is 0.0445. The minimum atomic E-state index is -0.893. The molecule has 0 aliphatic carbocycles. The largest absolute Gasteiger partial charge is 0.322 e. The fraction of sp³-hybridized carbons (Fsp3) is 1.00. The van der Waals surface area contributed by atoms with Gasteiger partial charge in [0.25, 0.3) is 0 Å². The highest BCUT2D eigenvalue weighted by Gasteiger charge is 2.04. The zero-order chi connectivity index (χ0) is 5.91. The van der Waals surface area contributed by atoms with Crippen LogP contribution in [0.3, 0.4) is 0 Å². The Bertz CT molecular complexity index is 50.9. The maximum absolute atomic E-state index is 5.67. The van der Waals surface area contributed by atoms with Crippen molar-refractivity contribution in [1.82, 2.24) is 0 Å². The maximum Gasteiger partial charge on any atom is 0.0418 e. The third-order valence-corrected chi connectivity index (χ3v) is 6.16. The molecule has 7 heavy (non-hydrogen) atoms. The summed E-state index contributed by atoms with van der Waals surface area (Å²) in [6, 6.07) is 0. The summed E-state index contributed by atoms with van der Waals surface area (Å²) >= 11 is 2.26. The van der Waals surface area contributed by atoms with Crippen molar-refractivity contribution in [2.45, 2.75) is 0 Å². The Balaban J connectivity index is 3.36. The zero-order valence-corrected chi connectivity index (χ0v) is 7.33. The molecule has 0 bridgehead atoms. The van der Waals surface area contributed by atoms with E-state index in [2.05, 4.69) is 22.6 Å². The fourth-order valence-corrected chi connectivity index (χ4v) is 0.896. The van der Waals surface area contributed by atoms with Crippen molar-refractivity contribution >= 4 is 32.8 Å². The highest BCUT2D eigenvalue weighted by Crippen LogP contribution is 2.33. The van der Waals surface area contributed by atoms with E-state index < -0.39 is 10.2 Å². The SMILES string of the molecule is CS(N)(CN)CI. The highest BCUT2D eigenvalue weighted by atomic mass is 127. The van der Waals surface area contributed by atoms with Gasteiger partial charge in [0.05, 0.1) is 0 Å². The molecule has 4 heteroatoms. The van der Waals surface area contributed by atoms with Crippen molar-refractivity contribution in [3.8, 4) is 0 Å². The first-order chi connectivity index (χ1) is 3.12. The molecule has 0 amide bonds. The second-order valence-corrected chi connectivity index (χ2v) is 6.75. The zero-order valence-electron chi connectivity index (χ0n) is 4.36. The van der Waals surface area contributed by atoms with Gasteiger partial charge < -0.3 is 5.73 Å². The molecule has 0 aromatic carbocycles. The Kier molecular flexibility index (Phi) is 3.56. The van der Waals surface area contributed by atoms with Crippen molar-refractivity contribution in [3.63, 3.8) is 0 Å². The van der Waals surface area contributed by atoms with E-state index in [0.717, 1.165) is 3.76 Å². The molecule has 0 aromatic rings. The Morgan fingerprint density at radius 2 is 2.14 bits per heavy atom. The highest BCUT2D eigenvalue weighted by molar-refractivity contribution is 14.1. The molecule has 0 heterocycles. The van der Waals surface area contributed by atoms with Crippen LogP contribution in [0, 0.1) is 0 Å². The maximum atomic E-state index is 5.67. The first-order valence-corrected chi connectivity index (χ1v) is 5.86. The molecule has 0 aliphatic rings. The molecule has 0 aliphatic heterocycles. The van der Waals surface area contributed by atoms with E-state index in [1.165, 1.54) is 0 Å².